The zero-order chi connectivity index (χ0) is 34.2. The average Bonchev–Trinajstić information content (AvgIpc) is 3.30. The number of aliphatic hydroxyl groups is 2. The maximum Gasteiger partial charge on any atom is 0.351 e. The smallest absolute Gasteiger partial charge is 0.351 e. The van der Waals surface area contributed by atoms with E-state index >= 15 is 0 Å². The molecule has 44 heavy (non-hydrogen) atoms. The van der Waals surface area contributed by atoms with Crippen LogP contribution in [0.2, 0.25) is 0 Å². The molecule has 3 unspecified atom stereocenters. The molecule has 2 heterocycles. The first-order valence-corrected chi connectivity index (χ1v) is 13.9. The maximum absolute atomic E-state index is 11.6. The zero-order valence-corrected chi connectivity index (χ0v) is 26.4. The molecule has 2 amide bonds. The fraction of sp³-hybridized carbons (Fsp3) is 0.560. The Morgan fingerprint density at radius 3 is 2.09 bits per heavy atom. The van der Waals surface area contributed by atoms with Crippen LogP contribution in [0.4, 0.5) is 5.82 Å². The Morgan fingerprint density at radius 2 is 1.68 bits per heavy atom. The molecule has 18 nitrogen and oxygen atoms in total. The van der Waals surface area contributed by atoms with Crippen LogP contribution in [0.3, 0.4) is 0 Å². The topological polar surface area (TPSA) is 296 Å². The summed E-state index contributed by atoms with van der Waals surface area (Å²) in [4.78, 5) is 65.8. The van der Waals surface area contributed by atoms with Crippen LogP contribution >= 0.6 is 22.6 Å². The number of terminal acetylenes is 1. The second-order valence-corrected chi connectivity index (χ2v) is 9.60. The van der Waals surface area contributed by atoms with Crippen LogP contribution in [-0.4, -0.2) is 105 Å². The van der Waals surface area contributed by atoms with Gasteiger partial charge in [0.05, 0.1) is 35.5 Å². The number of aromatic nitrogens is 2. The Balaban J connectivity index is 0. The molecule has 3 atom stereocenters. The number of hydrogen-bond donors (Lipinski definition) is 8. The summed E-state index contributed by atoms with van der Waals surface area (Å²) in [6.07, 6.45) is 4.77. The lowest BCUT2D eigenvalue weighted by molar-refractivity contribution is -0.142. The Bertz CT molecular complexity index is 1160. The number of anilines is 1. The van der Waals surface area contributed by atoms with Gasteiger partial charge in [-0.15, -0.1) is 6.42 Å². The van der Waals surface area contributed by atoms with Crippen molar-refractivity contribution in [3.05, 3.63) is 20.3 Å². The first kappa shape index (κ1) is 42.3. The van der Waals surface area contributed by atoms with Crippen molar-refractivity contribution in [2.75, 3.05) is 38.6 Å². The van der Waals surface area contributed by atoms with Gasteiger partial charge in [0.15, 0.2) is 6.61 Å². The van der Waals surface area contributed by atoms with E-state index in [0.717, 1.165) is 0 Å². The molecular weight excluding hydrogens is 703 g/mol. The largest absolute Gasteiger partial charge is 0.481 e. The summed E-state index contributed by atoms with van der Waals surface area (Å²) in [6.45, 7) is 3.16. The highest BCUT2D eigenvalue weighted by Gasteiger charge is 2.35. The third kappa shape index (κ3) is 21.8. The number of esters is 1. The van der Waals surface area contributed by atoms with Gasteiger partial charge in [0.2, 0.25) is 11.8 Å². The number of nitrogens with one attached hydrogen (secondary N) is 2. The maximum atomic E-state index is 11.6. The lowest BCUT2D eigenvalue weighted by atomic mass is 10.2. The van der Waals surface area contributed by atoms with Crippen LogP contribution in [0.1, 0.15) is 45.8 Å². The fourth-order valence-electron chi connectivity index (χ4n) is 2.72. The molecular formula is C25H39IN6O12. The number of halogens is 1. The number of aliphatic carboxylic acids is 2. The molecule has 10 N–H and O–H groups in total. The predicted octanol–water partition coefficient (Wildman–Crippen LogP) is -2.22. The Hall–Kier alpha value is -3.84. The van der Waals surface area contributed by atoms with Gasteiger partial charge in [-0.05, 0) is 22.6 Å². The minimum Gasteiger partial charge on any atom is -0.481 e. The molecule has 248 valence electrons. The molecule has 0 aliphatic carbocycles. The number of hydrogen-bond acceptors (Lipinski definition) is 13. The number of ether oxygens (including phenoxy) is 2. The summed E-state index contributed by atoms with van der Waals surface area (Å²) in [5, 5.41) is 39.3. The second-order valence-electron chi connectivity index (χ2n) is 8.44. The van der Waals surface area contributed by atoms with Crippen LogP contribution < -0.4 is 27.8 Å². The van der Waals surface area contributed by atoms with E-state index in [9.17, 15) is 33.9 Å². The molecule has 1 aromatic heterocycles. The number of nitrogens with zero attached hydrogens (tertiary/aromatic N) is 2. The third-order valence-electron chi connectivity index (χ3n) is 4.72. The Kier molecular flexibility index (Phi) is 23.6. The quantitative estimate of drug-likeness (QED) is 0.0677. The SMILES string of the molecule is C#CCOC(=O)CCNC(C)=O.CC(=O)NCCC(=O)O.NCCC(=O)O.Nc1nc(=O)n(C2CC(O)C(CO)O2)cc1I. The molecule has 1 saturated heterocycles. The number of carbonyl (C=O) groups excluding carboxylic acids is 3. The van der Waals surface area contributed by atoms with Gasteiger partial charge in [0, 0.05) is 46.1 Å². The van der Waals surface area contributed by atoms with Gasteiger partial charge in [-0.1, -0.05) is 5.92 Å². The van der Waals surface area contributed by atoms with Crippen molar-refractivity contribution in [2.24, 2.45) is 5.73 Å². The summed E-state index contributed by atoms with van der Waals surface area (Å²) >= 11 is 1.96. The summed E-state index contributed by atoms with van der Waals surface area (Å²) < 4.78 is 11.8. The van der Waals surface area contributed by atoms with Gasteiger partial charge in [0.25, 0.3) is 0 Å². The van der Waals surface area contributed by atoms with Crippen LogP contribution in [0.25, 0.3) is 0 Å². The van der Waals surface area contributed by atoms with Crippen LogP contribution in [-0.2, 0) is 33.4 Å². The highest BCUT2D eigenvalue weighted by molar-refractivity contribution is 14.1. The molecule has 1 aliphatic rings. The standard InChI is InChI=1S/C9H12IN3O4.C8H11NO3.C5H9NO3.C3H7NO2/c10-4-2-13(9(16)12-8(4)11)7-1-5(15)6(3-14)17-7;1-3-6-12-8(11)4-5-9-7(2)10;1-4(7)6-3-2-5(8)9;4-2-1-3(5)6/h2,5-7,14-15H,1,3H2,(H2,11,12,16);1H,4-6H2,2H3,(H,9,10);2-3H2,1H3,(H,6,7)(H,8,9);1-2,4H2,(H,5,6). The van der Waals surface area contributed by atoms with E-state index < -0.39 is 42.0 Å². The number of nitrogen functional groups attached to an aromatic ring is 1. The summed E-state index contributed by atoms with van der Waals surface area (Å²) in [6, 6.07) is 0. The van der Waals surface area contributed by atoms with Crippen molar-refractivity contribution < 1.29 is 53.9 Å². The lowest BCUT2D eigenvalue weighted by Gasteiger charge is -2.14. The van der Waals surface area contributed by atoms with E-state index in [2.05, 4.69) is 26.3 Å². The van der Waals surface area contributed by atoms with Gasteiger partial charge >= 0.3 is 23.6 Å². The number of rotatable bonds is 11. The number of amides is 2. The van der Waals surface area contributed by atoms with Crippen molar-refractivity contribution in [3.8, 4) is 12.3 Å². The average molecular weight is 743 g/mol. The first-order valence-electron chi connectivity index (χ1n) is 12.8. The van der Waals surface area contributed by atoms with Crippen molar-refractivity contribution in [2.45, 2.75) is 58.0 Å². The van der Waals surface area contributed by atoms with E-state index in [1.54, 1.807) is 0 Å². The minimum atomic E-state index is -0.899. The predicted molar refractivity (Wildman–Crippen MR) is 163 cm³/mol. The normalized spacial score (nSPS) is 16.2. The van der Waals surface area contributed by atoms with Crippen LogP contribution in [0, 0.1) is 15.9 Å². The first-order chi connectivity index (χ1) is 20.6. The van der Waals surface area contributed by atoms with E-state index in [0.29, 0.717) is 10.1 Å². The monoisotopic (exact) mass is 742 g/mol. The summed E-state index contributed by atoms with van der Waals surface area (Å²) in [5.41, 5.74) is 9.83. The minimum absolute atomic E-state index is 0.0143. The van der Waals surface area contributed by atoms with E-state index in [4.69, 9.17) is 37.9 Å². The Morgan fingerprint density at radius 1 is 1.14 bits per heavy atom. The van der Waals surface area contributed by atoms with E-state index in [1.165, 1.54) is 24.6 Å². The zero-order valence-electron chi connectivity index (χ0n) is 24.2. The van der Waals surface area contributed by atoms with Crippen molar-refractivity contribution >= 4 is 58.1 Å². The summed E-state index contributed by atoms with van der Waals surface area (Å²) in [7, 11) is 0. The third-order valence-corrected chi connectivity index (χ3v) is 5.55. The van der Waals surface area contributed by atoms with Gasteiger partial charge < -0.3 is 52.0 Å². The van der Waals surface area contributed by atoms with Crippen molar-refractivity contribution in [3.63, 3.8) is 0 Å². The lowest BCUT2D eigenvalue weighted by Crippen LogP contribution is -2.28. The molecule has 0 bridgehead atoms. The number of carboxylic acid groups (broad SMARTS) is 2. The molecule has 0 aromatic carbocycles. The molecule has 19 heteroatoms. The van der Waals surface area contributed by atoms with Gasteiger partial charge in [-0.2, -0.15) is 4.98 Å². The molecule has 1 fully saturated rings. The van der Waals surface area contributed by atoms with Crippen LogP contribution in [0.5, 0.6) is 0 Å². The molecule has 1 aliphatic heterocycles. The van der Waals surface area contributed by atoms with Crippen molar-refractivity contribution in [1.82, 2.24) is 20.2 Å². The number of carbonyl (C=O) groups is 5. The van der Waals surface area contributed by atoms with Gasteiger partial charge in [-0.3, -0.25) is 28.5 Å². The second kappa shape index (κ2) is 24.6. The number of nitrogens with two attached hydrogens (primary N) is 2. The molecule has 2 rings (SSSR count). The summed E-state index contributed by atoms with van der Waals surface area (Å²) in [5.74, 6) is -0.163. The number of carboxylic acids is 2. The number of aliphatic hydroxyl groups excluding tert-OH is 2. The van der Waals surface area contributed by atoms with Gasteiger partial charge in [0.1, 0.15) is 18.1 Å². The molecule has 0 saturated carbocycles. The Labute approximate surface area is 266 Å². The highest BCUT2D eigenvalue weighted by Crippen LogP contribution is 2.27. The molecule has 0 radical (unpaired) electrons. The van der Waals surface area contributed by atoms with E-state index in [-0.39, 0.29) is 69.6 Å². The fourth-order valence-corrected chi connectivity index (χ4v) is 3.14. The highest BCUT2D eigenvalue weighted by atomic mass is 127. The van der Waals surface area contributed by atoms with E-state index in [1.807, 2.05) is 22.6 Å². The van der Waals surface area contributed by atoms with Crippen LogP contribution in [0.15, 0.2) is 11.0 Å². The van der Waals surface area contributed by atoms with Gasteiger partial charge in [-0.25, -0.2) is 4.79 Å². The molecule has 0 spiro atoms. The molecule has 1 aromatic rings. The van der Waals surface area contributed by atoms with Crippen molar-refractivity contribution in [1.29, 1.82) is 0 Å².